The van der Waals surface area contributed by atoms with Crippen LogP contribution in [0.15, 0.2) is 18.2 Å². The minimum Gasteiger partial charge on any atom is -0.482 e. The van der Waals surface area contributed by atoms with Gasteiger partial charge in [0.05, 0.1) is 11.5 Å². The molecule has 0 unspecified atom stereocenters. The van der Waals surface area contributed by atoms with Gasteiger partial charge in [-0.15, -0.1) is 0 Å². The summed E-state index contributed by atoms with van der Waals surface area (Å²) in [6, 6.07) is 5.30. The van der Waals surface area contributed by atoms with Crippen molar-refractivity contribution in [3.05, 3.63) is 29.3 Å². The van der Waals surface area contributed by atoms with Gasteiger partial charge in [0, 0.05) is 12.1 Å². The van der Waals surface area contributed by atoms with Gasteiger partial charge < -0.3 is 14.4 Å². The van der Waals surface area contributed by atoms with Crippen molar-refractivity contribution in [2.45, 2.75) is 58.0 Å². The molecule has 1 saturated carbocycles. The van der Waals surface area contributed by atoms with Gasteiger partial charge in [-0.05, 0) is 50.3 Å². The fraction of sp³-hybridized carbons (Fsp3) is 0.619. The van der Waals surface area contributed by atoms with E-state index in [1.165, 1.54) is 0 Å². The molecule has 2 aliphatic rings. The first-order valence-corrected chi connectivity index (χ1v) is 12.0. The van der Waals surface area contributed by atoms with Gasteiger partial charge in [0.1, 0.15) is 5.75 Å². The number of rotatable bonds is 7. The molecule has 0 radical (unpaired) electrons. The number of hydrogen-bond donors (Lipinski definition) is 0. The SMILES string of the molecule is Cc1cccc(OCC(=O)OCC(=O)N(C2CCCC2)[C@@H]2CCS(=O)(=O)C2)c1C. The van der Waals surface area contributed by atoms with Crippen LogP contribution < -0.4 is 4.74 Å². The number of esters is 1. The Morgan fingerprint density at radius 2 is 1.79 bits per heavy atom. The molecule has 8 heteroatoms. The Hall–Kier alpha value is -2.09. The zero-order valence-electron chi connectivity index (χ0n) is 17.1. The zero-order chi connectivity index (χ0) is 21.0. The third-order valence-corrected chi connectivity index (χ3v) is 7.62. The van der Waals surface area contributed by atoms with E-state index >= 15 is 0 Å². The monoisotopic (exact) mass is 423 g/mol. The Morgan fingerprint density at radius 3 is 2.45 bits per heavy atom. The zero-order valence-corrected chi connectivity index (χ0v) is 17.9. The molecule has 1 aliphatic heterocycles. The minimum atomic E-state index is -3.10. The first kappa shape index (κ1) is 21.6. The number of amides is 1. The fourth-order valence-electron chi connectivity index (χ4n) is 4.16. The molecule has 2 fully saturated rings. The van der Waals surface area contributed by atoms with Crippen LogP contribution in [0.3, 0.4) is 0 Å². The highest BCUT2D eigenvalue weighted by molar-refractivity contribution is 7.91. The Kier molecular flexibility index (Phi) is 6.82. The molecule has 1 aromatic carbocycles. The van der Waals surface area contributed by atoms with E-state index in [4.69, 9.17) is 9.47 Å². The van der Waals surface area contributed by atoms with E-state index in [1.54, 1.807) is 11.0 Å². The summed E-state index contributed by atoms with van der Waals surface area (Å²) >= 11 is 0. The lowest BCUT2D eigenvalue weighted by atomic mass is 10.1. The standard InChI is InChI=1S/C21H29NO6S/c1-15-6-5-9-19(16(15)2)27-13-21(24)28-12-20(23)22(17-7-3-4-8-17)18-10-11-29(25,26)14-18/h5-6,9,17-18H,3-4,7-8,10-14H2,1-2H3/t18-/m1/s1. The molecule has 7 nitrogen and oxygen atoms in total. The lowest BCUT2D eigenvalue weighted by molar-refractivity contribution is -0.155. The Bertz CT molecular complexity index is 860. The molecule has 1 heterocycles. The van der Waals surface area contributed by atoms with Crippen LogP contribution in [-0.2, 0) is 24.2 Å². The van der Waals surface area contributed by atoms with Crippen LogP contribution in [0.4, 0.5) is 0 Å². The molecule has 29 heavy (non-hydrogen) atoms. The second kappa shape index (κ2) is 9.15. The molecule has 1 atom stereocenters. The Morgan fingerprint density at radius 1 is 1.07 bits per heavy atom. The van der Waals surface area contributed by atoms with Crippen LogP contribution in [0.25, 0.3) is 0 Å². The van der Waals surface area contributed by atoms with Gasteiger partial charge >= 0.3 is 5.97 Å². The van der Waals surface area contributed by atoms with Crippen molar-refractivity contribution in [3.63, 3.8) is 0 Å². The van der Waals surface area contributed by atoms with Crippen molar-refractivity contribution in [2.24, 2.45) is 0 Å². The molecule has 1 aliphatic carbocycles. The van der Waals surface area contributed by atoms with Crippen LogP contribution in [0.2, 0.25) is 0 Å². The maximum absolute atomic E-state index is 12.8. The highest BCUT2D eigenvalue weighted by atomic mass is 32.2. The van der Waals surface area contributed by atoms with E-state index in [2.05, 4.69) is 0 Å². The first-order valence-electron chi connectivity index (χ1n) is 10.1. The molecule has 3 rings (SSSR count). The highest BCUT2D eigenvalue weighted by Crippen LogP contribution is 2.29. The topological polar surface area (TPSA) is 90.0 Å². The summed E-state index contributed by atoms with van der Waals surface area (Å²) in [6.07, 6.45) is 4.24. The van der Waals surface area contributed by atoms with E-state index in [9.17, 15) is 18.0 Å². The van der Waals surface area contributed by atoms with E-state index in [-0.39, 0.29) is 42.7 Å². The fourth-order valence-corrected chi connectivity index (χ4v) is 5.87. The largest absolute Gasteiger partial charge is 0.482 e. The maximum atomic E-state index is 12.8. The lowest BCUT2D eigenvalue weighted by Crippen LogP contribution is -2.48. The molecular weight excluding hydrogens is 394 g/mol. The second-order valence-corrected chi connectivity index (χ2v) is 10.2. The predicted octanol–water partition coefficient (Wildman–Crippen LogP) is 2.18. The third-order valence-electron chi connectivity index (χ3n) is 5.86. The van der Waals surface area contributed by atoms with E-state index in [1.807, 2.05) is 26.0 Å². The second-order valence-electron chi connectivity index (χ2n) is 7.94. The van der Waals surface area contributed by atoms with Crippen molar-refractivity contribution in [1.29, 1.82) is 0 Å². The van der Waals surface area contributed by atoms with E-state index < -0.39 is 15.8 Å². The molecule has 160 valence electrons. The molecule has 0 spiro atoms. The molecule has 1 saturated heterocycles. The average molecular weight is 424 g/mol. The average Bonchev–Trinajstić information content (AvgIpc) is 3.31. The summed E-state index contributed by atoms with van der Waals surface area (Å²) in [6.45, 7) is 3.20. The van der Waals surface area contributed by atoms with Gasteiger partial charge in [0.2, 0.25) is 0 Å². The van der Waals surface area contributed by atoms with Crippen molar-refractivity contribution in [3.8, 4) is 5.75 Å². The normalized spacial score (nSPS) is 21.1. The van der Waals surface area contributed by atoms with Crippen molar-refractivity contribution in [1.82, 2.24) is 4.90 Å². The highest BCUT2D eigenvalue weighted by Gasteiger charge is 2.39. The van der Waals surface area contributed by atoms with Gasteiger partial charge in [0.15, 0.2) is 23.1 Å². The molecule has 1 aromatic rings. The maximum Gasteiger partial charge on any atom is 0.344 e. The van der Waals surface area contributed by atoms with E-state index in [0.29, 0.717) is 12.2 Å². The molecule has 1 amide bonds. The Labute approximate surface area is 172 Å². The number of ether oxygens (including phenoxy) is 2. The van der Waals surface area contributed by atoms with E-state index in [0.717, 1.165) is 36.8 Å². The number of benzene rings is 1. The number of hydrogen-bond acceptors (Lipinski definition) is 6. The van der Waals surface area contributed by atoms with Crippen LogP contribution in [0.5, 0.6) is 5.75 Å². The van der Waals surface area contributed by atoms with Gasteiger partial charge in [-0.25, -0.2) is 13.2 Å². The van der Waals surface area contributed by atoms with Crippen molar-refractivity contribution >= 4 is 21.7 Å². The third kappa shape index (κ3) is 5.50. The van der Waals surface area contributed by atoms with Gasteiger partial charge in [0.25, 0.3) is 5.91 Å². The first-order chi connectivity index (χ1) is 13.8. The van der Waals surface area contributed by atoms with Crippen molar-refractivity contribution < 1.29 is 27.5 Å². The van der Waals surface area contributed by atoms with Crippen LogP contribution in [0.1, 0.15) is 43.2 Å². The van der Waals surface area contributed by atoms with Crippen LogP contribution >= 0.6 is 0 Å². The number of sulfone groups is 1. The number of aryl methyl sites for hydroxylation is 1. The number of carbonyl (C=O) groups excluding carboxylic acids is 2. The summed E-state index contributed by atoms with van der Waals surface area (Å²) in [5.74, 6) is -0.225. The van der Waals surface area contributed by atoms with Gasteiger partial charge in [-0.2, -0.15) is 0 Å². The summed E-state index contributed by atoms with van der Waals surface area (Å²) in [4.78, 5) is 26.6. The quantitative estimate of drug-likeness (QED) is 0.625. The summed E-state index contributed by atoms with van der Waals surface area (Å²) in [7, 11) is -3.10. The molecular formula is C21H29NO6S. The lowest BCUT2D eigenvalue weighted by Gasteiger charge is -2.33. The number of nitrogens with zero attached hydrogens (tertiary/aromatic N) is 1. The predicted molar refractivity (Wildman–Crippen MR) is 109 cm³/mol. The van der Waals surface area contributed by atoms with Crippen LogP contribution in [0, 0.1) is 13.8 Å². The van der Waals surface area contributed by atoms with Crippen molar-refractivity contribution in [2.75, 3.05) is 24.7 Å². The molecule has 0 bridgehead atoms. The summed E-state index contributed by atoms with van der Waals surface area (Å²) in [5.41, 5.74) is 2.01. The van der Waals surface area contributed by atoms with Gasteiger partial charge in [-0.1, -0.05) is 25.0 Å². The smallest absolute Gasteiger partial charge is 0.344 e. The van der Waals surface area contributed by atoms with Gasteiger partial charge in [-0.3, -0.25) is 4.79 Å². The number of carbonyl (C=O) groups is 2. The summed E-state index contributed by atoms with van der Waals surface area (Å²) < 4.78 is 34.4. The van der Waals surface area contributed by atoms with Crippen LogP contribution in [-0.4, -0.2) is 62.0 Å². The summed E-state index contributed by atoms with van der Waals surface area (Å²) in [5, 5.41) is 0. The molecule has 0 N–H and O–H groups in total. The minimum absolute atomic E-state index is 0.00106. The Balaban J connectivity index is 1.55. The molecule has 0 aromatic heterocycles.